The Morgan fingerprint density at radius 3 is 2.71 bits per heavy atom. The smallest absolute Gasteiger partial charge is 0.347 e. The fourth-order valence-electron chi connectivity index (χ4n) is 2.60. The summed E-state index contributed by atoms with van der Waals surface area (Å²) in [5, 5.41) is 13.9. The molecule has 0 radical (unpaired) electrons. The third-order valence-corrected chi connectivity index (χ3v) is 6.60. The van der Waals surface area contributed by atoms with Crippen molar-refractivity contribution in [2.45, 2.75) is 37.1 Å². The van der Waals surface area contributed by atoms with Gasteiger partial charge in [0.1, 0.15) is 9.77 Å². The van der Waals surface area contributed by atoms with E-state index in [0.717, 1.165) is 37.3 Å². The van der Waals surface area contributed by atoms with Crippen molar-refractivity contribution in [2.75, 3.05) is 19.6 Å². The number of hydrogen-bond donors (Lipinski definition) is 2. The van der Waals surface area contributed by atoms with Crippen molar-refractivity contribution in [1.82, 2.24) is 9.62 Å². The Bertz CT molecular complexity index is 591. The Kier molecular flexibility index (Phi) is 5.37. The van der Waals surface area contributed by atoms with Gasteiger partial charge in [-0.2, -0.15) is 4.31 Å². The van der Waals surface area contributed by atoms with Gasteiger partial charge in [0.15, 0.2) is 0 Å². The summed E-state index contributed by atoms with van der Waals surface area (Å²) in [5.41, 5.74) is 0. The average Bonchev–Trinajstić information content (AvgIpc) is 2.96. The number of nitrogens with one attached hydrogen (secondary N) is 1. The van der Waals surface area contributed by atoms with Gasteiger partial charge in [0.2, 0.25) is 10.0 Å². The van der Waals surface area contributed by atoms with Crippen molar-refractivity contribution in [1.29, 1.82) is 0 Å². The summed E-state index contributed by atoms with van der Waals surface area (Å²) >= 11 is 0.949. The summed E-state index contributed by atoms with van der Waals surface area (Å²) < 4.78 is 27.2. The molecule has 2 N–H and O–H groups in total. The number of carbonyl (C=O) groups is 1. The van der Waals surface area contributed by atoms with Crippen LogP contribution in [0.2, 0.25) is 0 Å². The van der Waals surface area contributed by atoms with Crippen molar-refractivity contribution in [2.24, 2.45) is 0 Å². The minimum atomic E-state index is -3.76. The lowest BCUT2D eigenvalue weighted by molar-refractivity contribution is 0.0698. The Hall–Kier alpha value is -0.960. The molecule has 0 spiro atoms. The predicted octanol–water partition coefficient (Wildman–Crippen LogP) is 1.60. The van der Waals surface area contributed by atoms with E-state index in [1.54, 1.807) is 0 Å². The molecular formula is C13H20N2O4S2. The van der Waals surface area contributed by atoms with Crippen LogP contribution in [0, 0.1) is 0 Å². The molecule has 1 aliphatic rings. The molecule has 0 aromatic carbocycles. The number of hydrogen-bond acceptors (Lipinski definition) is 5. The molecule has 1 aromatic heterocycles. The Morgan fingerprint density at radius 1 is 1.48 bits per heavy atom. The van der Waals surface area contributed by atoms with Crippen LogP contribution in [0.1, 0.15) is 35.9 Å². The minimum absolute atomic E-state index is 0.0576. The number of carboxylic acid groups (broad SMARTS) is 1. The highest BCUT2D eigenvalue weighted by Gasteiger charge is 2.34. The summed E-state index contributed by atoms with van der Waals surface area (Å²) in [6, 6.07) is 1.34. The zero-order chi connectivity index (χ0) is 15.5. The van der Waals surface area contributed by atoms with Gasteiger partial charge in [-0.3, -0.25) is 0 Å². The molecule has 0 amide bonds. The van der Waals surface area contributed by atoms with Gasteiger partial charge in [0.25, 0.3) is 0 Å². The van der Waals surface area contributed by atoms with Crippen LogP contribution in [-0.4, -0.2) is 49.5 Å². The molecule has 0 aliphatic carbocycles. The van der Waals surface area contributed by atoms with E-state index in [1.807, 2.05) is 6.92 Å². The summed E-state index contributed by atoms with van der Waals surface area (Å²) in [6.45, 7) is 3.92. The molecule has 21 heavy (non-hydrogen) atoms. The van der Waals surface area contributed by atoms with E-state index in [2.05, 4.69) is 5.32 Å². The van der Waals surface area contributed by atoms with E-state index in [-0.39, 0.29) is 15.8 Å². The summed E-state index contributed by atoms with van der Waals surface area (Å²) in [6.07, 6.45) is 2.22. The lowest BCUT2D eigenvalue weighted by Gasteiger charge is -2.33. The second-order valence-corrected chi connectivity index (χ2v) is 7.79. The number of piperidine rings is 1. The van der Waals surface area contributed by atoms with Crippen LogP contribution >= 0.6 is 11.3 Å². The molecule has 1 saturated heterocycles. The van der Waals surface area contributed by atoms with Crippen molar-refractivity contribution in [3.05, 3.63) is 16.3 Å². The number of nitrogens with zero attached hydrogens (tertiary/aromatic N) is 1. The van der Waals surface area contributed by atoms with Gasteiger partial charge >= 0.3 is 5.97 Å². The maximum Gasteiger partial charge on any atom is 0.347 e. The maximum absolute atomic E-state index is 12.9. The highest BCUT2D eigenvalue weighted by molar-refractivity contribution is 7.89. The topological polar surface area (TPSA) is 86.7 Å². The van der Waals surface area contributed by atoms with Crippen LogP contribution in [-0.2, 0) is 10.0 Å². The molecule has 0 saturated carbocycles. The fourth-order valence-corrected chi connectivity index (χ4v) is 5.61. The molecule has 8 heteroatoms. The third kappa shape index (κ3) is 3.45. The van der Waals surface area contributed by atoms with Crippen molar-refractivity contribution >= 4 is 27.3 Å². The highest BCUT2D eigenvalue weighted by Crippen LogP contribution is 2.28. The molecule has 2 heterocycles. The number of sulfonamides is 1. The SMILES string of the molecule is CCCN(C1CCNCC1)S(=O)(=O)c1ccsc1C(=O)O. The molecule has 118 valence electrons. The molecular weight excluding hydrogens is 312 g/mol. The third-order valence-electron chi connectivity index (χ3n) is 3.57. The summed E-state index contributed by atoms with van der Waals surface area (Å²) in [4.78, 5) is 11.0. The molecule has 0 unspecified atom stereocenters. The van der Waals surface area contributed by atoms with Crippen LogP contribution in [0.3, 0.4) is 0 Å². The molecule has 1 aliphatic heterocycles. The number of aromatic carboxylic acids is 1. The van der Waals surface area contributed by atoms with Gasteiger partial charge in [-0.05, 0) is 43.8 Å². The second-order valence-electron chi connectivity index (χ2n) is 5.02. The van der Waals surface area contributed by atoms with Crippen LogP contribution in [0.15, 0.2) is 16.3 Å². The van der Waals surface area contributed by atoms with Gasteiger partial charge in [-0.15, -0.1) is 11.3 Å². The van der Waals surface area contributed by atoms with E-state index < -0.39 is 16.0 Å². The normalized spacial score (nSPS) is 17.2. The predicted molar refractivity (Wildman–Crippen MR) is 81.4 cm³/mol. The largest absolute Gasteiger partial charge is 0.477 e. The molecule has 2 rings (SSSR count). The van der Waals surface area contributed by atoms with Crippen LogP contribution in [0.25, 0.3) is 0 Å². The highest BCUT2D eigenvalue weighted by atomic mass is 32.2. The minimum Gasteiger partial charge on any atom is -0.477 e. The first-order chi connectivity index (χ1) is 9.98. The molecule has 0 atom stereocenters. The van der Waals surface area contributed by atoms with Crippen LogP contribution < -0.4 is 5.32 Å². The van der Waals surface area contributed by atoms with E-state index >= 15 is 0 Å². The summed E-state index contributed by atoms with van der Waals surface area (Å²) in [7, 11) is -3.76. The number of carboxylic acids is 1. The Morgan fingerprint density at radius 2 is 2.14 bits per heavy atom. The standard InChI is InChI=1S/C13H20N2O4S2/c1-2-8-15(10-3-6-14-7-4-10)21(18,19)11-5-9-20-12(11)13(16)17/h5,9-10,14H,2-4,6-8H2,1H3,(H,16,17). The maximum atomic E-state index is 12.9. The second kappa shape index (κ2) is 6.87. The van der Waals surface area contributed by atoms with Gasteiger partial charge in [-0.25, -0.2) is 13.2 Å². The zero-order valence-corrected chi connectivity index (χ0v) is 13.5. The van der Waals surface area contributed by atoms with Crippen molar-refractivity contribution < 1.29 is 18.3 Å². The molecule has 1 fully saturated rings. The first-order valence-corrected chi connectivity index (χ1v) is 9.33. The van der Waals surface area contributed by atoms with Gasteiger partial charge < -0.3 is 10.4 Å². The van der Waals surface area contributed by atoms with Gasteiger partial charge in [0, 0.05) is 12.6 Å². The first kappa shape index (κ1) is 16.4. The number of thiophene rings is 1. The van der Waals surface area contributed by atoms with Gasteiger partial charge in [-0.1, -0.05) is 6.92 Å². The monoisotopic (exact) mass is 332 g/mol. The number of rotatable bonds is 6. The lowest BCUT2D eigenvalue weighted by Crippen LogP contribution is -2.46. The molecule has 0 bridgehead atoms. The molecule has 6 nitrogen and oxygen atoms in total. The van der Waals surface area contributed by atoms with Gasteiger partial charge in [0.05, 0.1) is 0 Å². The van der Waals surface area contributed by atoms with Crippen molar-refractivity contribution in [3.63, 3.8) is 0 Å². The van der Waals surface area contributed by atoms with Crippen molar-refractivity contribution in [3.8, 4) is 0 Å². The fraction of sp³-hybridized carbons (Fsp3) is 0.615. The first-order valence-electron chi connectivity index (χ1n) is 7.01. The van der Waals surface area contributed by atoms with E-state index in [0.29, 0.717) is 13.0 Å². The Balaban J connectivity index is 2.37. The van der Waals surface area contributed by atoms with E-state index in [9.17, 15) is 13.2 Å². The van der Waals surface area contributed by atoms with E-state index in [4.69, 9.17) is 5.11 Å². The zero-order valence-electron chi connectivity index (χ0n) is 11.9. The van der Waals surface area contributed by atoms with Crippen LogP contribution in [0.4, 0.5) is 0 Å². The Labute approximate surface area is 128 Å². The molecule has 1 aromatic rings. The average molecular weight is 332 g/mol. The van der Waals surface area contributed by atoms with Crippen LogP contribution in [0.5, 0.6) is 0 Å². The lowest BCUT2D eigenvalue weighted by atomic mass is 10.1. The summed E-state index contributed by atoms with van der Waals surface area (Å²) in [5.74, 6) is -1.19. The quantitative estimate of drug-likeness (QED) is 0.826. The van der Waals surface area contributed by atoms with E-state index in [1.165, 1.54) is 15.8 Å².